The van der Waals surface area contributed by atoms with Crippen molar-refractivity contribution in [2.75, 3.05) is 19.3 Å². The fourth-order valence-corrected chi connectivity index (χ4v) is 1.89. The van der Waals surface area contributed by atoms with Gasteiger partial charge < -0.3 is 5.11 Å². The van der Waals surface area contributed by atoms with Gasteiger partial charge in [-0.2, -0.15) is 0 Å². The lowest BCUT2D eigenvalue weighted by atomic mass is 10.2. The van der Waals surface area contributed by atoms with E-state index in [9.17, 15) is 4.79 Å². The summed E-state index contributed by atoms with van der Waals surface area (Å²) in [5.41, 5.74) is 1.07. The van der Waals surface area contributed by atoms with Crippen LogP contribution >= 0.6 is 11.8 Å². The van der Waals surface area contributed by atoms with E-state index < -0.39 is 5.97 Å². The van der Waals surface area contributed by atoms with Gasteiger partial charge in [0.25, 0.3) is 0 Å². The Morgan fingerprint density at radius 3 is 2.59 bits per heavy atom. The van der Waals surface area contributed by atoms with Gasteiger partial charge >= 0.3 is 5.97 Å². The smallest absolute Gasteiger partial charge is 0.317 e. The second-order valence-corrected chi connectivity index (χ2v) is 4.47. The first-order chi connectivity index (χ1) is 8.15. The first-order valence-electron chi connectivity index (χ1n) is 5.16. The van der Waals surface area contributed by atoms with Crippen molar-refractivity contribution in [2.45, 2.75) is 11.4 Å². The zero-order chi connectivity index (χ0) is 12.7. The highest BCUT2D eigenvalue weighted by Gasteiger charge is 2.08. The largest absolute Gasteiger partial charge is 0.480 e. The Balaban J connectivity index is 2.65. The van der Waals surface area contributed by atoms with Crippen LogP contribution in [-0.4, -0.2) is 35.3 Å². The number of hydrogen-bond acceptors (Lipinski definition) is 3. The maximum Gasteiger partial charge on any atom is 0.317 e. The molecule has 0 aliphatic rings. The van der Waals surface area contributed by atoms with E-state index in [1.807, 2.05) is 30.5 Å². The first-order valence-corrected chi connectivity index (χ1v) is 6.38. The van der Waals surface area contributed by atoms with Crippen molar-refractivity contribution in [2.24, 2.45) is 0 Å². The van der Waals surface area contributed by atoms with Gasteiger partial charge in [-0.15, -0.1) is 18.2 Å². The molecule has 0 aromatic heterocycles. The third-order valence-corrected chi connectivity index (χ3v) is 2.98. The van der Waals surface area contributed by atoms with Crippen LogP contribution in [-0.2, 0) is 11.3 Å². The second kappa shape index (κ2) is 7.00. The monoisotopic (exact) mass is 249 g/mol. The van der Waals surface area contributed by atoms with Gasteiger partial charge in [0, 0.05) is 11.4 Å². The average molecular weight is 249 g/mol. The van der Waals surface area contributed by atoms with E-state index in [2.05, 4.69) is 5.92 Å². The summed E-state index contributed by atoms with van der Waals surface area (Å²) in [6.07, 6.45) is 7.23. The van der Waals surface area contributed by atoms with Gasteiger partial charge in [-0.05, 0) is 24.0 Å². The molecule has 0 fully saturated rings. The quantitative estimate of drug-likeness (QED) is 0.618. The minimum atomic E-state index is -0.860. The zero-order valence-corrected chi connectivity index (χ0v) is 10.5. The first kappa shape index (κ1) is 13.6. The third kappa shape index (κ3) is 4.94. The molecule has 3 nitrogen and oxygen atoms in total. The van der Waals surface area contributed by atoms with E-state index in [4.69, 9.17) is 11.5 Å². The van der Waals surface area contributed by atoms with E-state index in [-0.39, 0.29) is 6.54 Å². The summed E-state index contributed by atoms with van der Waals surface area (Å²) in [6.45, 7) is 0.871. The predicted molar refractivity (Wildman–Crippen MR) is 70.0 cm³/mol. The molecule has 4 heteroatoms. The topological polar surface area (TPSA) is 40.5 Å². The van der Waals surface area contributed by atoms with Crippen LogP contribution in [0.15, 0.2) is 29.2 Å². The Labute approximate surface area is 106 Å². The van der Waals surface area contributed by atoms with Gasteiger partial charge in [-0.3, -0.25) is 9.69 Å². The Kier molecular flexibility index (Phi) is 5.61. The summed E-state index contributed by atoms with van der Waals surface area (Å²) in [7, 11) is 0. The van der Waals surface area contributed by atoms with Crippen molar-refractivity contribution >= 4 is 17.7 Å². The van der Waals surface area contributed by atoms with E-state index in [0.29, 0.717) is 13.1 Å². The molecule has 0 atom stereocenters. The highest BCUT2D eigenvalue weighted by atomic mass is 32.2. The molecule has 0 aliphatic heterocycles. The summed E-state index contributed by atoms with van der Waals surface area (Å²) in [5, 5.41) is 8.76. The maximum absolute atomic E-state index is 10.7. The molecule has 0 bridgehead atoms. The lowest BCUT2D eigenvalue weighted by molar-refractivity contribution is -0.138. The molecule has 0 heterocycles. The lowest BCUT2D eigenvalue weighted by Gasteiger charge is -2.17. The predicted octanol–water partition coefficient (Wildman–Crippen LogP) is 1.93. The van der Waals surface area contributed by atoms with E-state index in [0.717, 1.165) is 5.56 Å². The number of rotatable bonds is 6. The van der Waals surface area contributed by atoms with Crippen LogP contribution in [0.4, 0.5) is 0 Å². The van der Waals surface area contributed by atoms with Crippen molar-refractivity contribution < 1.29 is 9.90 Å². The van der Waals surface area contributed by atoms with Crippen molar-refractivity contribution in [3.05, 3.63) is 29.8 Å². The van der Waals surface area contributed by atoms with Crippen LogP contribution in [0.3, 0.4) is 0 Å². The lowest BCUT2D eigenvalue weighted by Crippen LogP contribution is -2.29. The van der Waals surface area contributed by atoms with Gasteiger partial charge in [0.05, 0.1) is 13.1 Å². The standard InChI is InChI=1S/C13H15NO2S/c1-3-8-14(10-13(15)16)9-11-4-6-12(17-2)7-5-11/h1,4-7H,8-10H2,2H3,(H,15,16). The number of carbonyl (C=O) groups is 1. The molecule has 1 N–H and O–H groups in total. The van der Waals surface area contributed by atoms with E-state index in [1.165, 1.54) is 4.90 Å². The summed E-state index contributed by atoms with van der Waals surface area (Å²) in [5.74, 6) is 1.61. The zero-order valence-electron chi connectivity index (χ0n) is 9.72. The number of thioether (sulfide) groups is 1. The van der Waals surface area contributed by atoms with Crippen molar-refractivity contribution in [3.8, 4) is 12.3 Å². The van der Waals surface area contributed by atoms with Gasteiger partial charge in [-0.25, -0.2) is 0 Å². The average Bonchev–Trinajstić information content (AvgIpc) is 2.29. The number of carboxylic acids is 1. The molecule has 0 saturated heterocycles. The number of nitrogens with zero attached hydrogens (tertiary/aromatic N) is 1. The third-order valence-electron chi connectivity index (χ3n) is 2.24. The molecule has 0 radical (unpaired) electrons. The summed E-state index contributed by atoms with van der Waals surface area (Å²) < 4.78 is 0. The Morgan fingerprint density at radius 2 is 2.12 bits per heavy atom. The number of carboxylic acid groups (broad SMARTS) is 1. The Bertz CT molecular complexity index is 408. The van der Waals surface area contributed by atoms with Gasteiger partial charge in [0.15, 0.2) is 0 Å². The molecule has 17 heavy (non-hydrogen) atoms. The van der Waals surface area contributed by atoms with Gasteiger partial charge in [0.1, 0.15) is 0 Å². The van der Waals surface area contributed by atoms with Crippen molar-refractivity contribution in [3.63, 3.8) is 0 Å². The summed E-state index contributed by atoms with van der Waals surface area (Å²) in [6, 6.07) is 8.04. The van der Waals surface area contributed by atoms with Crippen LogP contribution < -0.4 is 0 Å². The van der Waals surface area contributed by atoms with Crippen LogP contribution in [0.2, 0.25) is 0 Å². The molecule has 1 aromatic rings. The molecule has 90 valence electrons. The Morgan fingerprint density at radius 1 is 1.47 bits per heavy atom. The van der Waals surface area contributed by atoms with Crippen LogP contribution in [0.5, 0.6) is 0 Å². The fourth-order valence-electron chi connectivity index (χ4n) is 1.48. The normalized spacial score (nSPS) is 10.2. The van der Waals surface area contributed by atoms with E-state index in [1.54, 1.807) is 16.7 Å². The van der Waals surface area contributed by atoms with Gasteiger partial charge in [0.2, 0.25) is 0 Å². The molecule has 0 amide bonds. The van der Waals surface area contributed by atoms with Crippen molar-refractivity contribution in [1.29, 1.82) is 0 Å². The van der Waals surface area contributed by atoms with Crippen LogP contribution in [0.25, 0.3) is 0 Å². The van der Waals surface area contributed by atoms with Crippen LogP contribution in [0.1, 0.15) is 5.56 Å². The van der Waals surface area contributed by atoms with Crippen molar-refractivity contribution in [1.82, 2.24) is 4.90 Å². The summed E-state index contributed by atoms with van der Waals surface area (Å²) in [4.78, 5) is 13.6. The number of terminal acetylenes is 1. The second-order valence-electron chi connectivity index (χ2n) is 3.59. The number of hydrogen-bond donors (Lipinski definition) is 1. The minimum Gasteiger partial charge on any atom is -0.480 e. The molecular weight excluding hydrogens is 234 g/mol. The molecule has 1 aromatic carbocycles. The van der Waals surface area contributed by atoms with Gasteiger partial charge in [-0.1, -0.05) is 18.1 Å². The molecular formula is C13H15NO2S. The fraction of sp³-hybridized carbons (Fsp3) is 0.308. The SMILES string of the molecule is C#CCN(CC(=O)O)Cc1ccc(SC)cc1. The van der Waals surface area contributed by atoms with Crippen LogP contribution in [0, 0.1) is 12.3 Å². The highest BCUT2D eigenvalue weighted by Crippen LogP contribution is 2.15. The molecule has 1 rings (SSSR count). The summed E-state index contributed by atoms with van der Waals surface area (Å²) >= 11 is 1.68. The Hall–Kier alpha value is -1.44. The molecule has 0 saturated carbocycles. The molecule has 0 aliphatic carbocycles. The molecule has 0 spiro atoms. The molecule has 0 unspecified atom stereocenters. The highest BCUT2D eigenvalue weighted by molar-refractivity contribution is 7.98. The number of aliphatic carboxylic acids is 1. The van der Waals surface area contributed by atoms with E-state index >= 15 is 0 Å². The number of benzene rings is 1. The maximum atomic E-state index is 10.7. The minimum absolute atomic E-state index is 0.0333.